The first-order chi connectivity index (χ1) is 8.57. The van der Waals surface area contributed by atoms with Crippen LogP contribution >= 0.6 is 0 Å². The van der Waals surface area contributed by atoms with Crippen LogP contribution in [0.25, 0.3) is 0 Å². The van der Waals surface area contributed by atoms with Crippen molar-refractivity contribution in [2.24, 2.45) is 11.8 Å². The number of carbonyl (C=O) groups excluding carboxylic acids is 1. The molecule has 0 aromatic carbocycles. The van der Waals surface area contributed by atoms with Crippen LogP contribution in [0, 0.1) is 11.8 Å². The number of carbonyl (C=O) groups is 1. The van der Waals surface area contributed by atoms with Gasteiger partial charge in [-0.05, 0) is 5.92 Å². The van der Waals surface area contributed by atoms with E-state index in [1.165, 1.54) is 11.4 Å². The lowest BCUT2D eigenvalue weighted by molar-refractivity contribution is -0.145. The second-order valence-corrected chi connectivity index (χ2v) is 9.22. The Morgan fingerprint density at radius 1 is 1.21 bits per heavy atom. The van der Waals surface area contributed by atoms with Gasteiger partial charge in [-0.2, -0.15) is 0 Å². The molecule has 7 nitrogen and oxygen atoms in total. The van der Waals surface area contributed by atoms with Crippen molar-refractivity contribution in [1.82, 2.24) is 4.31 Å². The van der Waals surface area contributed by atoms with Gasteiger partial charge >= 0.3 is 5.97 Å². The van der Waals surface area contributed by atoms with E-state index in [0.29, 0.717) is 0 Å². The second kappa shape index (κ2) is 5.76. The summed E-state index contributed by atoms with van der Waals surface area (Å²) < 4.78 is 51.8. The van der Waals surface area contributed by atoms with Gasteiger partial charge in [-0.25, -0.2) is 21.1 Å². The van der Waals surface area contributed by atoms with Crippen LogP contribution < -0.4 is 0 Å². The van der Waals surface area contributed by atoms with Crippen molar-refractivity contribution < 1.29 is 26.4 Å². The summed E-state index contributed by atoms with van der Waals surface area (Å²) in [5, 5.41) is 0. The molecule has 0 saturated carbocycles. The number of nitrogens with zero attached hydrogens (tertiary/aromatic N) is 1. The normalized spacial score (nSPS) is 25.4. The smallest absolute Gasteiger partial charge is 0.310 e. The number of methoxy groups -OCH3 is 1. The first-order valence-corrected chi connectivity index (χ1v) is 9.47. The molecule has 2 unspecified atom stereocenters. The van der Waals surface area contributed by atoms with E-state index in [9.17, 15) is 21.6 Å². The molecule has 0 N–H and O–H groups in total. The standard InChI is InChI=1S/C10H19NO6S2/c1-8-6-11(7-9(8)10(12)17-2)19(15,16)5-4-18(3,13)14/h8-9H,4-7H2,1-3H3. The van der Waals surface area contributed by atoms with Gasteiger partial charge in [0.25, 0.3) is 0 Å². The molecule has 1 aliphatic heterocycles. The van der Waals surface area contributed by atoms with Crippen LogP contribution in [0.1, 0.15) is 6.92 Å². The average molecular weight is 313 g/mol. The highest BCUT2D eigenvalue weighted by molar-refractivity contribution is 7.93. The predicted molar refractivity (Wildman–Crippen MR) is 69.7 cm³/mol. The summed E-state index contributed by atoms with van der Waals surface area (Å²) in [6.07, 6.45) is 0.992. The monoisotopic (exact) mass is 313 g/mol. The van der Waals surface area contributed by atoms with Crippen LogP contribution in [0.15, 0.2) is 0 Å². The van der Waals surface area contributed by atoms with Crippen LogP contribution in [0.4, 0.5) is 0 Å². The largest absolute Gasteiger partial charge is 0.469 e. The molecule has 19 heavy (non-hydrogen) atoms. The highest BCUT2D eigenvalue weighted by Gasteiger charge is 2.40. The van der Waals surface area contributed by atoms with Crippen LogP contribution in [-0.2, 0) is 29.4 Å². The molecule has 1 fully saturated rings. The van der Waals surface area contributed by atoms with Gasteiger partial charge in [0.05, 0.1) is 24.5 Å². The Kier molecular flexibility index (Phi) is 4.97. The van der Waals surface area contributed by atoms with Crippen molar-refractivity contribution in [2.75, 3.05) is 38.0 Å². The lowest BCUT2D eigenvalue weighted by Crippen LogP contribution is -2.34. The van der Waals surface area contributed by atoms with Crippen molar-refractivity contribution in [3.05, 3.63) is 0 Å². The summed E-state index contributed by atoms with van der Waals surface area (Å²) in [7, 11) is -5.73. The van der Waals surface area contributed by atoms with Gasteiger partial charge in [0.2, 0.25) is 10.0 Å². The quantitative estimate of drug-likeness (QED) is 0.610. The Labute approximate surface area is 113 Å². The minimum Gasteiger partial charge on any atom is -0.469 e. The Balaban J connectivity index is 2.74. The maximum absolute atomic E-state index is 12.0. The van der Waals surface area contributed by atoms with Gasteiger partial charge in [0.1, 0.15) is 9.84 Å². The van der Waals surface area contributed by atoms with Crippen molar-refractivity contribution in [3.8, 4) is 0 Å². The molecule has 1 saturated heterocycles. The zero-order chi connectivity index (χ0) is 14.8. The van der Waals surface area contributed by atoms with E-state index in [-0.39, 0.29) is 19.0 Å². The molecular weight excluding hydrogens is 294 g/mol. The zero-order valence-corrected chi connectivity index (χ0v) is 12.8. The van der Waals surface area contributed by atoms with Gasteiger partial charge in [-0.3, -0.25) is 4.79 Å². The van der Waals surface area contributed by atoms with Crippen molar-refractivity contribution in [3.63, 3.8) is 0 Å². The summed E-state index contributed by atoms with van der Waals surface area (Å²) in [6.45, 7) is 2.04. The van der Waals surface area contributed by atoms with Crippen molar-refractivity contribution in [2.45, 2.75) is 6.92 Å². The summed E-state index contributed by atoms with van der Waals surface area (Å²) in [4.78, 5) is 11.5. The third kappa shape index (κ3) is 4.43. The number of esters is 1. The van der Waals surface area contributed by atoms with E-state index in [0.717, 1.165) is 6.26 Å². The fourth-order valence-electron chi connectivity index (χ4n) is 1.99. The van der Waals surface area contributed by atoms with E-state index < -0.39 is 43.3 Å². The van der Waals surface area contributed by atoms with Crippen LogP contribution in [0.5, 0.6) is 0 Å². The molecule has 0 spiro atoms. The predicted octanol–water partition coefficient (Wildman–Crippen LogP) is -0.898. The van der Waals surface area contributed by atoms with Gasteiger partial charge in [0.15, 0.2) is 0 Å². The molecule has 112 valence electrons. The molecule has 0 aromatic heterocycles. The molecular formula is C10H19NO6S2. The summed E-state index contributed by atoms with van der Waals surface area (Å²) >= 11 is 0. The first-order valence-electron chi connectivity index (χ1n) is 5.80. The molecule has 1 rings (SSSR count). The molecule has 2 atom stereocenters. The molecule has 1 heterocycles. The molecule has 0 aromatic rings. The summed E-state index contributed by atoms with van der Waals surface area (Å²) in [6, 6.07) is 0. The Morgan fingerprint density at radius 2 is 1.79 bits per heavy atom. The molecule has 9 heteroatoms. The van der Waals surface area contributed by atoms with Crippen LogP contribution in [-0.4, -0.2) is 65.1 Å². The van der Waals surface area contributed by atoms with E-state index in [1.807, 2.05) is 0 Å². The third-order valence-electron chi connectivity index (χ3n) is 3.19. The maximum Gasteiger partial charge on any atom is 0.310 e. The van der Waals surface area contributed by atoms with E-state index in [2.05, 4.69) is 4.74 Å². The Morgan fingerprint density at radius 3 is 2.26 bits per heavy atom. The maximum atomic E-state index is 12.0. The van der Waals surface area contributed by atoms with Crippen molar-refractivity contribution in [1.29, 1.82) is 0 Å². The number of hydrogen-bond acceptors (Lipinski definition) is 6. The van der Waals surface area contributed by atoms with Crippen LogP contribution in [0.2, 0.25) is 0 Å². The molecule has 0 radical (unpaired) electrons. The molecule has 0 bridgehead atoms. The number of sulfonamides is 1. The average Bonchev–Trinajstić information content (AvgIpc) is 2.68. The van der Waals surface area contributed by atoms with E-state index >= 15 is 0 Å². The lowest BCUT2D eigenvalue weighted by atomic mass is 9.99. The fraction of sp³-hybridized carbons (Fsp3) is 0.900. The van der Waals surface area contributed by atoms with Gasteiger partial charge in [0, 0.05) is 19.3 Å². The number of ether oxygens (including phenoxy) is 1. The second-order valence-electron chi connectivity index (χ2n) is 4.87. The highest BCUT2D eigenvalue weighted by Crippen LogP contribution is 2.26. The SMILES string of the molecule is COC(=O)C1CN(S(=O)(=O)CCS(C)(=O)=O)CC1C. The van der Waals surface area contributed by atoms with Gasteiger partial charge in [-0.15, -0.1) is 0 Å². The Bertz CT molecular complexity index is 538. The number of rotatable bonds is 5. The number of hydrogen-bond donors (Lipinski definition) is 0. The highest BCUT2D eigenvalue weighted by atomic mass is 32.2. The Hall–Kier alpha value is -0.670. The van der Waals surface area contributed by atoms with E-state index in [1.54, 1.807) is 6.92 Å². The minimum atomic E-state index is -3.65. The van der Waals surface area contributed by atoms with E-state index in [4.69, 9.17) is 0 Å². The van der Waals surface area contributed by atoms with Gasteiger partial charge < -0.3 is 4.74 Å². The summed E-state index contributed by atoms with van der Waals surface area (Å²) in [5.74, 6) is -1.93. The minimum absolute atomic E-state index is 0.0555. The van der Waals surface area contributed by atoms with Crippen molar-refractivity contribution >= 4 is 25.8 Å². The lowest BCUT2D eigenvalue weighted by Gasteiger charge is -2.15. The van der Waals surface area contributed by atoms with Gasteiger partial charge in [-0.1, -0.05) is 6.92 Å². The number of sulfone groups is 1. The topological polar surface area (TPSA) is 97.8 Å². The first kappa shape index (κ1) is 16.4. The fourth-order valence-corrected chi connectivity index (χ4v) is 5.16. The summed E-state index contributed by atoms with van der Waals surface area (Å²) in [5.41, 5.74) is 0. The third-order valence-corrected chi connectivity index (χ3v) is 6.20. The molecule has 0 amide bonds. The zero-order valence-electron chi connectivity index (χ0n) is 11.2. The van der Waals surface area contributed by atoms with Crippen LogP contribution in [0.3, 0.4) is 0 Å². The molecule has 1 aliphatic rings. The molecule has 0 aliphatic carbocycles.